The van der Waals surface area contributed by atoms with Crippen molar-refractivity contribution in [1.82, 2.24) is 0 Å². The molecule has 0 aliphatic carbocycles. The van der Waals surface area contributed by atoms with E-state index in [2.05, 4.69) is 0 Å². The molecule has 0 unspecified atom stereocenters. The molecule has 1 N–H and O–H groups in total. The molecule has 0 bridgehead atoms. The fourth-order valence-corrected chi connectivity index (χ4v) is 3.00. The second-order valence-electron chi connectivity index (χ2n) is 5.53. The summed E-state index contributed by atoms with van der Waals surface area (Å²) >= 11 is 0. The second kappa shape index (κ2) is 5.70. The van der Waals surface area contributed by atoms with Crippen LogP contribution in [0.15, 0.2) is 77.2 Å². The molecule has 4 aromatic rings. The molecule has 1 aromatic heterocycles. The van der Waals surface area contributed by atoms with Crippen molar-refractivity contribution in [3.8, 4) is 28.2 Å². The molecule has 0 radical (unpaired) electrons. The van der Waals surface area contributed by atoms with Crippen LogP contribution < -0.4 is 0 Å². The molecule has 0 fully saturated rings. The third kappa shape index (κ3) is 2.18. The maximum absolute atomic E-state index is 11.6. The lowest BCUT2D eigenvalue weighted by Gasteiger charge is -2.05. The van der Waals surface area contributed by atoms with Crippen molar-refractivity contribution in [2.24, 2.45) is 0 Å². The molecule has 0 aliphatic heterocycles. The van der Waals surface area contributed by atoms with Gasteiger partial charge < -0.3 is 9.52 Å². The molecule has 24 heavy (non-hydrogen) atoms. The molecule has 4 rings (SSSR count). The van der Waals surface area contributed by atoms with Gasteiger partial charge in [0.1, 0.15) is 17.1 Å². The monoisotopic (exact) mass is 314 g/mol. The van der Waals surface area contributed by atoms with E-state index in [1.54, 1.807) is 6.07 Å². The highest BCUT2D eigenvalue weighted by Crippen LogP contribution is 2.43. The number of fused-ring (bicyclic) bond motifs is 1. The summed E-state index contributed by atoms with van der Waals surface area (Å²) in [5, 5.41) is 10.7. The van der Waals surface area contributed by atoms with Gasteiger partial charge in [0, 0.05) is 16.5 Å². The van der Waals surface area contributed by atoms with Crippen molar-refractivity contribution < 1.29 is 14.3 Å². The van der Waals surface area contributed by atoms with Gasteiger partial charge in [-0.05, 0) is 17.7 Å². The Morgan fingerprint density at radius 2 is 1.42 bits per heavy atom. The number of aromatic hydroxyl groups is 1. The van der Waals surface area contributed by atoms with Crippen molar-refractivity contribution in [2.75, 3.05) is 0 Å². The minimum Gasteiger partial charge on any atom is -0.507 e. The molecule has 3 aromatic carbocycles. The fourth-order valence-electron chi connectivity index (χ4n) is 3.00. The zero-order chi connectivity index (χ0) is 16.5. The van der Waals surface area contributed by atoms with Crippen LogP contribution in [0.5, 0.6) is 5.75 Å². The van der Waals surface area contributed by atoms with Gasteiger partial charge in [-0.2, -0.15) is 0 Å². The average molecular weight is 314 g/mol. The maximum atomic E-state index is 11.6. The van der Waals surface area contributed by atoms with Crippen LogP contribution in [0.4, 0.5) is 0 Å². The molecule has 1 heterocycles. The summed E-state index contributed by atoms with van der Waals surface area (Å²) in [5.41, 5.74) is 3.49. The van der Waals surface area contributed by atoms with Crippen LogP contribution in [-0.2, 0) is 0 Å². The quantitative estimate of drug-likeness (QED) is 0.523. The van der Waals surface area contributed by atoms with Crippen LogP contribution in [0.25, 0.3) is 33.4 Å². The van der Waals surface area contributed by atoms with Gasteiger partial charge in [0.25, 0.3) is 0 Å². The van der Waals surface area contributed by atoms with Gasteiger partial charge in [-0.1, -0.05) is 60.7 Å². The van der Waals surface area contributed by atoms with Crippen LogP contribution in [-0.4, -0.2) is 11.4 Å². The number of aldehydes is 1. The van der Waals surface area contributed by atoms with Gasteiger partial charge in [0.15, 0.2) is 6.29 Å². The minimum atomic E-state index is -0.0462. The summed E-state index contributed by atoms with van der Waals surface area (Å²) in [7, 11) is 0. The van der Waals surface area contributed by atoms with Crippen molar-refractivity contribution in [2.45, 2.75) is 0 Å². The molecular weight excluding hydrogens is 300 g/mol. The van der Waals surface area contributed by atoms with Crippen LogP contribution in [0.1, 0.15) is 10.4 Å². The summed E-state index contributed by atoms with van der Waals surface area (Å²) < 4.78 is 6.07. The lowest BCUT2D eigenvalue weighted by atomic mass is 9.96. The first kappa shape index (κ1) is 14.3. The number of carbonyl (C=O) groups is 1. The number of hydrogen-bond donors (Lipinski definition) is 1. The van der Waals surface area contributed by atoms with Crippen molar-refractivity contribution >= 4 is 17.3 Å². The Morgan fingerprint density at radius 3 is 2.04 bits per heavy atom. The number of carbonyl (C=O) groups excluding carboxylic acids is 1. The number of benzene rings is 3. The SMILES string of the molecule is O=Cc1c(O)ccc2oc(-c3ccccc3)c(-c3ccccc3)c12. The molecule has 0 saturated heterocycles. The van der Waals surface area contributed by atoms with E-state index in [4.69, 9.17) is 4.42 Å². The van der Waals surface area contributed by atoms with E-state index in [1.165, 1.54) is 6.07 Å². The number of furan rings is 1. The topological polar surface area (TPSA) is 50.4 Å². The Kier molecular flexibility index (Phi) is 3.39. The van der Waals surface area contributed by atoms with Crippen molar-refractivity contribution in [3.63, 3.8) is 0 Å². The highest BCUT2D eigenvalue weighted by atomic mass is 16.3. The van der Waals surface area contributed by atoms with Crippen molar-refractivity contribution in [3.05, 3.63) is 78.4 Å². The predicted molar refractivity (Wildman–Crippen MR) is 94.1 cm³/mol. The molecule has 3 nitrogen and oxygen atoms in total. The van der Waals surface area contributed by atoms with Gasteiger partial charge in [0.05, 0.1) is 5.56 Å². The highest BCUT2D eigenvalue weighted by molar-refractivity contribution is 6.10. The highest BCUT2D eigenvalue weighted by Gasteiger charge is 2.21. The first-order valence-corrected chi connectivity index (χ1v) is 7.64. The minimum absolute atomic E-state index is 0.0462. The van der Waals surface area contributed by atoms with Crippen LogP contribution in [0.3, 0.4) is 0 Å². The fraction of sp³-hybridized carbons (Fsp3) is 0. The van der Waals surface area contributed by atoms with Crippen LogP contribution in [0.2, 0.25) is 0 Å². The van der Waals surface area contributed by atoms with E-state index < -0.39 is 0 Å². The van der Waals surface area contributed by atoms with Gasteiger partial charge in [0.2, 0.25) is 0 Å². The first-order chi connectivity index (χ1) is 11.8. The Bertz CT molecular complexity index is 1020. The maximum Gasteiger partial charge on any atom is 0.154 e. The van der Waals surface area contributed by atoms with E-state index in [0.717, 1.165) is 16.7 Å². The smallest absolute Gasteiger partial charge is 0.154 e. The Morgan fingerprint density at radius 1 is 0.792 bits per heavy atom. The van der Waals surface area contributed by atoms with Crippen LogP contribution in [0, 0.1) is 0 Å². The zero-order valence-corrected chi connectivity index (χ0v) is 12.8. The molecule has 0 spiro atoms. The third-order valence-corrected chi connectivity index (χ3v) is 4.09. The summed E-state index contributed by atoms with van der Waals surface area (Å²) in [4.78, 5) is 11.6. The predicted octanol–water partition coefficient (Wildman–Crippen LogP) is 5.28. The molecule has 0 atom stereocenters. The lowest BCUT2D eigenvalue weighted by Crippen LogP contribution is -1.86. The number of hydrogen-bond acceptors (Lipinski definition) is 3. The molecule has 0 aliphatic rings. The van der Waals surface area contributed by atoms with Crippen LogP contribution >= 0.6 is 0 Å². The molecule has 116 valence electrons. The summed E-state index contributed by atoms with van der Waals surface area (Å²) in [5.74, 6) is 0.639. The Labute approximate surface area is 138 Å². The number of phenolic OH excluding ortho intramolecular Hbond substituents is 1. The van der Waals surface area contributed by atoms with Gasteiger partial charge in [-0.3, -0.25) is 4.79 Å². The van der Waals surface area contributed by atoms with Crippen molar-refractivity contribution in [1.29, 1.82) is 0 Å². The zero-order valence-electron chi connectivity index (χ0n) is 12.8. The average Bonchev–Trinajstić information content (AvgIpc) is 3.03. The lowest BCUT2D eigenvalue weighted by molar-refractivity contribution is 0.112. The summed E-state index contributed by atoms with van der Waals surface area (Å²) in [6.45, 7) is 0. The second-order valence-corrected chi connectivity index (χ2v) is 5.53. The molecule has 3 heteroatoms. The van der Waals surface area contributed by atoms with Gasteiger partial charge in [-0.15, -0.1) is 0 Å². The third-order valence-electron chi connectivity index (χ3n) is 4.09. The van der Waals surface area contributed by atoms with E-state index >= 15 is 0 Å². The summed E-state index contributed by atoms with van der Waals surface area (Å²) in [6, 6.07) is 22.7. The number of phenols is 1. The van der Waals surface area contributed by atoms with E-state index in [9.17, 15) is 9.90 Å². The molecular formula is C21H14O3. The Hall–Kier alpha value is -3.33. The molecule has 0 amide bonds. The van der Waals surface area contributed by atoms with E-state index in [1.807, 2.05) is 60.7 Å². The first-order valence-electron chi connectivity index (χ1n) is 7.64. The van der Waals surface area contributed by atoms with Gasteiger partial charge >= 0.3 is 0 Å². The number of rotatable bonds is 3. The normalized spacial score (nSPS) is 10.8. The summed E-state index contributed by atoms with van der Waals surface area (Å²) in [6.07, 6.45) is 0.675. The van der Waals surface area contributed by atoms with E-state index in [0.29, 0.717) is 23.0 Å². The largest absolute Gasteiger partial charge is 0.507 e. The molecule has 0 saturated carbocycles. The van der Waals surface area contributed by atoms with E-state index in [-0.39, 0.29) is 11.3 Å². The Balaban J connectivity index is 2.16. The van der Waals surface area contributed by atoms with Gasteiger partial charge in [-0.25, -0.2) is 0 Å². The standard InChI is InChI=1S/C21H14O3/c22-13-16-17(23)11-12-18-20(16)19(14-7-3-1-4-8-14)21(24-18)15-9-5-2-6-10-15/h1-13,23H.